The number of fused-ring (bicyclic) bond motifs is 1. The van der Waals surface area contributed by atoms with E-state index in [1.165, 1.54) is 18.9 Å². The van der Waals surface area contributed by atoms with Crippen molar-refractivity contribution in [2.24, 2.45) is 0 Å². The van der Waals surface area contributed by atoms with Crippen LogP contribution in [0.5, 0.6) is 11.5 Å². The highest BCUT2D eigenvalue weighted by atomic mass is 32.2. The zero-order chi connectivity index (χ0) is 13.8. The molecular formula is C12H14N2O4S. The number of hydrogen-bond acceptors (Lipinski definition) is 6. The van der Waals surface area contributed by atoms with E-state index in [9.17, 15) is 4.79 Å². The van der Waals surface area contributed by atoms with Gasteiger partial charge in [0, 0.05) is 12.1 Å². The van der Waals surface area contributed by atoms with Gasteiger partial charge in [-0.1, -0.05) is 11.8 Å². The summed E-state index contributed by atoms with van der Waals surface area (Å²) in [6.45, 7) is 0. The van der Waals surface area contributed by atoms with E-state index in [0.717, 1.165) is 11.0 Å². The Kier molecular flexibility index (Phi) is 4.16. The number of methoxy groups -OCH3 is 3. The first kappa shape index (κ1) is 13.5. The Balaban J connectivity index is 2.27. The molecule has 0 aliphatic heterocycles. The Bertz CT molecular complexity index is 556. The minimum Gasteiger partial charge on any atom is -0.493 e. The average Bonchev–Trinajstić information content (AvgIpc) is 2.84. The molecule has 0 spiro atoms. The van der Waals surface area contributed by atoms with Gasteiger partial charge in [-0.25, -0.2) is 4.98 Å². The van der Waals surface area contributed by atoms with Gasteiger partial charge in [0.1, 0.15) is 0 Å². The van der Waals surface area contributed by atoms with Gasteiger partial charge in [-0.3, -0.25) is 4.79 Å². The van der Waals surface area contributed by atoms with E-state index in [0.29, 0.717) is 16.7 Å². The molecule has 0 aliphatic carbocycles. The van der Waals surface area contributed by atoms with Crippen LogP contribution >= 0.6 is 11.8 Å². The highest BCUT2D eigenvalue weighted by Gasteiger charge is 2.11. The number of H-pyrrole nitrogens is 1. The fourth-order valence-electron chi connectivity index (χ4n) is 1.57. The van der Waals surface area contributed by atoms with E-state index < -0.39 is 0 Å². The van der Waals surface area contributed by atoms with Gasteiger partial charge in [0.05, 0.1) is 38.1 Å². The topological polar surface area (TPSA) is 73.4 Å². The number of esters is 1. The predicted molar refractivity (Wildman–Crippen MR) is 71.9 cm³/mol. The molecule has 0 radical (unpaired) electrons. The summed E-state index contributed by atoms with van der Waals surface area (Å²) in [4.78, 5) is 18.6. The highest BCUT2D eigenvalue weighted by Crippen LogP contribution is 2.32. The normalized spacial score (nSPS) is 10.5. The van der Waals surface area contributed by atoms with Gasteiger partial charge in [0.15, 0.2) is 16.7 Å². The van der Waals surface area contributed by atoms with Crippen LogP contribution in [-0.4, -0.2) is 43.0 Å². The second-order valence-corrected chi connectivity index (χ2v) is 4.60. The molecule has 6 nitrogen and oxygen atoms in total. The number of aromatic amines is 1. The number of carbonyl (C=O) groups excluding carboxylic acids is 1. The molecule has 0 unspecified atom stereocenters. The lowest BCUT2D eigenvalue weighted by molar-refractivity contribution is -0.137. The zero-order valence-electron chi connectivity index (χ0n) is 10.9. The van der Waals surface area contributed by atoms with Crippen LogP contribution in [0.1, 0.15) is 0 Å². The third-order valence-electron chi connectivity index (χ3n) is 2.52. The Morgan fingerprint density at radius 2 is 1.95 bits per heavy atom. The number of aromatic nitrogens is 2. The van der Waals surface area contributed by atoms with Crippen LogP contribution in [0.25, 0.3) is 11.0 Å². The van der Waals surface area contributed by atoms with Crippen LogP contribution in [0.2, 0.25) is 0 Å². The summed E-state index contributed by atoms with van der Waals surface area (Å²) in [5.41, 5.74) is 1.58. The molecule has 0 bridgehead atoms. The lowest BCUT2D eigenvalue weighted by atomic mass is 10.3. The number of rotatable bonds is 5. The van der Waals surface area contributed by atoms with Crippen molar-refractivity contribution >= 4 is 28.8 Å². The van der Waals surface area contributed by atoms with Crippen LogP contribution < -0.4 is 9.47 Å². The van der Waals surface area contributed by atoms with Crippen LogP contribution in [0, 0.1) is 0 Å². The zero-order valence-corrected chi connectivity index (χ0v) is 11.7. The maximum Gasteiger partial charge on any atom is 0.316 e. The monoisotopic (exact) mass is 282 g/mol. The SMILES string of the molecule is COC(=O)CSc1nc2cc(OC)c(OC)cc2[nH]1. The lowest BCUT2D eigenvalue weighted by Gasteiger charge is -2.06. The molecule has 1 N–H and O–H groups in total. The van der Waals surface area contributed by atoms with Gasteiger partial charge in [0.2, 0.25) is 0 Å². The Hall–Kier alpha value is -1.89. The van der Waals surface area contributed by atoms with E-state index in [-0.39, 0.29) is 11.7 Å². The number of imidazole rings is 1. The maximum absolute atomic E-state index is 11.1. The molecule has 7 heteroatoms. The van der Waals surface area contributed by atoms with Gasteiger partial charge in [-0.15, -0.1) is 0 Å². The van der Waals surface area contributed by atoms with Crippen LogP contribution in [0.4, 0.5) is 0 Å². The quantitative estimate of drug-likeness (QED) is 0.666. The minimum atomic E-state index is -0.291. The fourth-order valence-corrected chi connectivity index (χ4v) is 2.29. The number of thioether (sulfide) groups is 1. The second-order valence-electron chi connectivity index (χ2n) is 3.63. The number of nitrogens with one attached hydrogen (secondary N) is 1. The van der Waals surface area contributed by atoms with E-state index >= 15 is 0 Å². The molecule has 0 amide bonds. The molecule has 0 saturated heterocycles. The van der Waals surface area contributed by atoms with Crippen molar-refractivity contribution in [3.63, 3.8) is 0 Å². The van der Waals surface area contributed by atoms with Crippen molar-refractivity contribution in [1.82, 2.24) is 9.97 Å². The van der Waals surface area contributed by atoms with E-state index in [2.05, 4.69) is 14.7 Å². The number of ether oxygens (including phenoxy) is 3. The largest absolute Gasteiger partial charge is 0.493 e. The molecule has 0 aliphatic rings. The van der Waals surface area contributed by atoms with Crippen LogP contribution in [-0.2, 0) is 9.53 Å². The van der Waals surface area contributed by atoms with E-state index in [1.54, 1.807) is 20.3 Å². The molecule has 102 valence electrons. The van der Waals surface area contributed by atoms with Crippen molar-refractivity contribution in [3.05, 3.63) is 12.1 Å². The van der Waals surface area contributed by atoms with Gasteiger partial charge < -0.3 is 19.2 Å². The van der Waals surface area contributed by atoms with E-state index in [4.69, 9.17) is 9.47 Å². The average molecular weight is 282 g/mol. The predicted octanol–water partition coefficient (Wildman–Crippen LogP) is 1.85. The number of nitrogens with zero attached hydrogens (tertiary/aromatic N) is 1. The van der Waals surface area contributed by atoms with Gasteiger partial charge >= 0.3 is 5.97 Å². The number of benzene rings is 1. The first-order chi connectivity index (χ1) is 9.17. The second kappa shape index (κ2) is 5.83. The summed E-state index contributed by atoms with van der Waals surface area (Å²) in [6, 6.07) is 3.59. The molecule has 1 heterocycles. The smallest absolute Gasteiger partial charge is 0.316 e. The van der Waals surface area contributed by atoms with Crippen LogP contribution in [0.15, 0.2) is 17.3 Å². The maximum atomic E-state index is 11.1. The number of hydrogen-bond donors (Lipinski definition) is 1. The number of carbonyl (C=O) groups is 1. The molecule has 19 heavy (non-hydrogen) atoms. The molecule has 1 aromatic carbocycles. The van der Waals surface area contributed by atoms with Gasteiger partial charge in [-0.05, 0) is 0 Å². The van der Waals surface area contributed by atoms with Gasteiger partial charge in [0.25, 0.3) is 0 Å². The summed E-state index contributed by atoms with van der Waals surface area (Å²) in [5, 5.41) is 0.649. The van der Waals surface area contributed by atoms with Crippen molar-refractivity contribution in [2.45, 2.75) is 5.16 Å². The van der Waals surface area contributed by atoms with Gasteiger partial charge in [-0.2, -0.15) is 0 Å². The highest BCUT2D eigenvalue weighted by molar-refractivity contribution is 7.99. The molecule has 0 atom stereocenters. The first-order valence-corrected chi connectivity index (χ1v) is 6.48. The lowest BCUT2D eigenvalue weighted by Crippen LogP contribution is -2.02. The molecular weight excluding hydrogens is 268 g/mol. The summed E-state index contributed by atoms with van der Waals surface area (Å²) in [5.74, 6) is 1.17. The van der Waals surface area contributed by atoms with Crippen molar-refractivity contribution in [3.8, 4) is 11.5 Å². The Labute approximate surface area is 114 Å². The summed E-state index contributed by atoms with van der Waals surface area (Å²) >= 11 is 1.28. The standard InChI is InChI=1S/C12H14N2O4S/c1-16-9-4-7-8(5-10(9)17-2)14-12(13-7)19-6-11(15)18-3/h4-5H,6H2,1-3H3,(H,13,14). The summed E-state index contributed by atoms with van der Waals surface area (Å²) < 4.78 is 15.0. The first-order valence-electron chi connectivity index (χ1n) is 5.49. The molecule has 0 fully saturated rings. The summed E-state index contributed by atoms with van der Waals surface area (Å²) in [6.07, 6.45) is 0. The fraction of sp³-hybridized carbons (Fsp3) is 0.333. The summed E-state index contributed by atoms with van der Waals surface area (Å²) in [7, 11) is 4.51. The van der Waals surface area contributed by atoms with E-state index in [1.807, 2.05) is 6.07 Å². The third kappa shape index (κ3) is 2.93. The Morgan fingerprint density at radius 3 is 2.58 bits per heavy atom. The molecule has 1 aromatic heterocycles. The molecule has 0 saturated carbocycles. The third-order valence-corrected chi connectivity index (χ3v) is 3.37. The molecule has 2 aromatic rings. The molecule has 2 rings (SSSR count). The van der Waals surface area contributed by atoms with Crippen molar-refractivity contribution in [1.29, 1.82) is 0 Å². The van der Waals surface area contributed by atoms with Crippen LogP contribution in [0.3, 0.4) is 0 Å². The van der Waals surface area contributed by atoms with Crippen molar-refractivity contribution in [2.75, 3.05) is 27.1 Å². The minimum absolute atomic E-state index is 0.213. The van der Waals surface area contributed by atoms with Crippen molar-refractivity contribution < 1.29 is 19.0 Å². The Morgan fingerprint density at radius 1 is 1.26 bits per heavy atom.